The van der Waals surface area contributed by atoms with Gasteiger partial charge in [0.1, 0.15) is 0 Å². The number of nitrogens with one attached hydrogen (secondary N) is 1. The van der Waals surface area contributed by atoms with E-state index in [-0.39, 0.29) is 0 Å². The van der Waals surface area contributed by atoms with E-state index in [4.69, 9.17) is 0 Å². The molecule has 4 heterocycles. The number of aromatic nitrogens is 3. The lowest BCUT2D eigenvalue weighted by atomic mass is 10.0. The fraction of sp³-hybridized carbons (Fsp3) is 0.600. The van der Waals surface area contributed by atoms with Crippen LogP contribution in [0.25, 0.3) is 5.65 Å². The normalized spacial score (nSPS) is 25.5. The quantitative estimate of drug-likeness (QED) is 0.901. The van der Waals surface area contributed by atoms with Crippen molar-refractivity contribution >= 4 is 5.65 Å². The van der Waals surface area contributed by atoms with Gasteiger partial charge in [-0.25, -0.2) is 0 Å². The number of piperidine rings is 1. The van der Waals surface area contributed by atoms with E-state index in [1.54, 1.807) is 0 Å². The molecule has 0 radical (unpaired) electrons. The third-order valence-electron chi connectivity index (χ3n) is 4.71. The highest BCUT2D eigenvalue weighted by atomic mass is 15.3. The monoisotopic (exact) mass is 271 g/mol. The SMILES string of the molecule is c1ccn2c(C3CCCN3C3CCNCC3)nnc2c1. The number of pyridine rings is 1. The maximum Gasteiger partial charge on any atom is 0.160 e. The number of likely N-dealkylation sites (tertiary alicyclic amines) is 1. The molecule has 1 atom stereocenters. The van der Waals surface area contributed by atoms with Gasteiger partial charge in [-0.3, -0.25) is 9.30 Å². The Morgan fingerprint density at radius 3 is 2.90 bits per heavy atom. The summed E-state index contributed by atoms with van der Waals surface area (Å²) < 4.78 is 2.16. The topological polar surface area (TPSA) is 45.5 Å². The minimum Gasteiger partial charge on any atom is -0.317 e. The Hall–Kier alpha value is -1.46. The van der Waals surface area contributed by atoms with Crippen molar-refractivity contribution < 1.29 is 0 Å². The highest BCUT2D eigenvalue weighted by Crippen LogP contribution is 2.34. The summed E-state index contributed by atoms with van der Waals surface area (Å²) in [5.41, 5.74) is 0.958. The molecule has 1 N–H and O–H groups in total. The molecule has 2 saturated heterocycles. The van der Waals surface area contributed by atoms with Gasteiger partial charge in [0.25, 0.3) is 0 Å². The predicted molar refractivity (Wildman–Crippen MR) is 77.6 cm³/mol. The standard InChI is InChI=1S/C15H21N5/c1-2-10-20-14(5-1)17-18-15(20)13-4-3-11-19(13)12-6-8-16-9-7-12/h1-2,5,10,12-13,16H,3-4,6-9,11H2. The molecule has 2 aromatic heterocycles. The van der Waals surface area contributed by atoms with Gasteiger partial charge in [-0.2, -0.15) is 0 Å². The Morgan fingerprint density at radius 2 is 2.00 bits per heavy atom. The Morgan fingerprint density at radius 1 is 1.10 bits per heavy atom. The Balaban J connectivity index is 1.66. The molecule has 0 spiro atoms. The van der Waals surface area contributed by atoms with Gasteiger partial charge in [0, 0.05) is 12.2 Å². The summed E-state index contributed by atoms with van der Waals surface area (Å²) in [6.45, 7) is 3.50. The lowest BCUT2D eigenvalue weighted by Gasteiger charge is -2.35. The number of nitrogens with zero attached hydrogens (tertiary/aromatic N) is 4. The van der Waals surface area contributed by atoms with Crippen molar-refractivity contribution in [2.24, 2.45) is 0 Å². The molecular weight excluding hydrogens is 250 g/mol. The highest BCUT2D eigenvalue weighted by molar-refractivity contribution is 5.37. The zero-order valence-corrected chi connectivity index (χ0v) is 11.7. The van der Waals surface area contributed by atoms with Crippen LogP contribution >= 0.6 is 0 Å². The second-order valence-corrected chi connectivity index (χ2v) is 5.86. The summed E-state index contributed by atoms with van der Waals surface area (Å²) >= 11 is 0. The maximum atomic E-state index is 4.48. The van der Waals surface area contributed by atoms with Gasteiger partial charge < -0.3 is 5.32 Å². The molecule has 0 bridgehead atoms. The van der Waals surface area contributed by atoms with Crippen molar-refractivity contribution in [3.8, 4) is 0 Å². The molecule has 0 amide bonds. The zero-order valence-electron chi connectivity index (χ0n) is 11.7. The molecule has 2 aromatic rings. The van der Waals surface area contributed by atoms with Crippen molar-refractivity contribution in [2.75, 3.05) is 19.6 Å². The van der Waals surface area contributed by atoms with Crippen LogP contribution in [0.1, 0.15) is 37.5 Å². The summed E-state index contributed by atoms with van der Waals surface area (Å²) in [4.78, 5) is 2.67. The summed E-state index contributed by atoms with van der Waals surface area (Å²) in [6.07, 6.45) is 7.08. The molecule has 2 aliphatic rings. The summed E-state index contributed by atoms with van der Waals surface area (Å²) in [5.74, 6) is 1.12. The average molecular weight is 271 g/mol. The number of hydrogen-bond acceptors (Lipinski definition) is 4. The molecule has 0 aromatic carbocycles. The molecule has 0 saturated carbocycles. The second kappa shape index (κ2) is 5.14. The van der Waals surface area contributed by atoms with E-state index < -0.39 is 0 Å². The van der Waals surface area contributed by atoms with E-state index >= 15 is 0 Å². The first-order valence-electron chi connectivity index (χ1n) is 7.69. The molecular formula is C15H21N5. The summed E-state index contributed by atoms with van der Waals surface area (Å²) in [6, 6.07) is 7.26. The van der Waals surface area contributed by atoms with E-state index in [1.165, 1.54) is 32.2 Å². The van der Waals surface area contributed by atoms with Gasteiger partial charge in [0.05, 0.1) is 6.04 Å². The van der Waals surface area contributed by atoms with Crippen molar-refractivity contribution in [1.29, 1.82) is 0 Å². The smallest absolute Gasteiger partial charge is 0.160 e. The maximum absolute atomic E-state index is 4.48. The Kier molecular flexibility index (Phi) is 3.16. The van der Waals surface area contributed by atoms with Crippen LogP contribution in [-0.4, -0.2) is 45.2 Å². The van der Waals surface area contributed by atoms with Crippen LogP contribution in [0.15, 0.2) is 24.4 Å². The van der Waals surface area contributed by atoms with Crippen molar-refractivity contribution in [1.82, 2.24) is 24.8 Å². The summed E-state index contributed by atoms with van der Waals surface area (Å²) in [7, 11) is 0. The van der Waals surface area contributed by atoms with Crippen LogP contribution in [0.2, 0.25) is 0 Å². The number of rotatable bonds is 2. The molecule has 106 valence electrons. The second-order valence-electron chi connectivity index (χ2n) is 5.86. The summed E-state index contributed by atoms with van der Waals surface area (Å²) in [5, 5.41) is 12.3. The third-order valence-corrected chi connectivity index (χ3v) is 4.71. The van der Waals surface area contributed by atoms with Crippen LogP contribution in [0, 0.1) is 0 Å². The van der Waals surface area contributed by atoms with E-state index in [1.807, 2.05) is 12.1 Å². The van der Waals surface area contributed by atoms with Crippen molar-refractivity contribution in [3.05, 3.63) is 30.2 Å². The van der Waals surface area contributed by atoms with Gasteiger partial charge >= 0.3 is 0 Å². The minimum absolute atomic E-state index is 0.440. The third kappa shape index (κ3) is 2.01. The predicted octanol–water partition coefficient (Wildman–Crippen LogP) is 1.62. The first-order valence-corrected chi connectivity index (χ1v) is 7.69. The molecule has 2 aliphatic heterocycles. The average Bonchev–Trinajstić information content (AvgIpc) is 3.14. The van der Waals surface area contributed by atoms with Crippen molar-refractivity contribution in [2.45, 2.75) is 37.8 Å². The molecule has 20 heavy (non-hydrogen) atoms. The molecule has 5 heteroatoms. The van der Waals surface area contributed by atoms with Gasteiger partial charge in [-0.1, -0.05) is 6.07 Å². The van der Waals surface area contributed by atoms with E-state index in [2.05, 4.69) is 37.1 Å². The van der Waals surface area contributed by atoms with E-state index in [9.17, 15) is 0 Å². The zero-order chi connectivity index (χ0) is 13.4. The highest BCUT2D eigenvalue weighted by Gasteiger charge is 2.34. The van der Waals surface area contributed by atoms with Gasteiger partial charge in [-0.05, 0) is 57.5 Å². The van der Waals surface area contributed by atoms with Gasteiger partial charge in [0.2, 0.25) is 0 Å². The fourth-order valence-electron chi connectivity index (χ4n) is 3.73. The molecule has 0 aliphatic carbocycles. The first kappa shape index (κ1) is 12.3. The van der Waals surface area contributed by atoms with Crippen LogP contribution in [-0.2, 0) is 0 Å². The number of fused-ring (bicyclic) bond motifs is 1. The van der Waals surface area contributed by atoms with Crippen molar-refractivity contribution in [3.63, 3.8) is 0 Å². The lowest BCUT2D eigenvalue weighted by Crippen LogP contribution is -2.43. The molecule has 4 rings (SSSR count). The molecule has 1 unspecified atom stereocenters. The Labute approximate surface area is 119 Å². The molecule has 2 fully saturated rings. The van der Waals surface area contributed by atoms with Gasteiger partial charge in [0.15, 0.2) is 11.5 Å². The van der Waals surface area contributed by atoms with Crippen LogP contribution < -0.4 is 5.32 Å². The minimum atomic E-state index is 0.440. The van der Waals surface area contributed by atoms with Gasteiger partial charge in [-0.15, -0.1) is 10.2 Å². The lowest BCUT2D eigenvalue weighted by molar-refractivity contribution is 0.143. The van der Waals surface area contributed by atoms with Crippen LogP contribution in [0.3, 0.4) is 0 Å². The van der Waals surface area contributed by atoms with Crippen LogP contribution in [0.5, 0.6) is 0 Å². The molecule has 5 nitrogen and oxygen atoms in total. The van der Waals surface area contributed by atoms with E-state index in [0.717, 1.165) is 24.6 Å². The largest absolute Gasteiger partial charge is 0.317 e. The Bertz CT molecular complexity index is 587. The fourth-order valence-corrected chi connectivity index (χ4v) is 3.73. The van der Waals surface area contributed by atoms with Crippen LogP contribution in [0.4, 0.5) is 0 Å². The van der Waals surface area contributed by atoms with E-state index in [0.29, 0.717) is 12.1 Å². The first-order chi connectivity index (χ1) is 9.93. The number of hydrogen-bond donors (Lipinski definition) is 1.